The highest BCUT2D eigenvalue weighted by molar-refractivity contribution is 6.67. The van der Waals surface area contributed by atoms with Gasteiger partial charge in [0.25, 0.3) is 0 Å². The van der Waals surface area contributed by atoms with Gasteiger partial charge < -0.3 is 18.3 Å². The first-order valence-electron chi connectivity index (χ1n) is 8.51. The molecular weight excluding hydrogens is 308 g/mol. The largest absolute Gasteiger partial charge is 0.496 e. The van der Waals surface area contributed by atoms with Gasteiger partial charge in [0.05, 0.1) is 23.7 Å². The smallest absolute Gasteiger partial charge is 0.337 e. The average molecular weight is 345 g/mol. The van der Waals surface area contributed by atoms with Crippen LogP contribution in [0.2, 0.25) is 12.1 Å². The first-order chi connectivity index (χ1) is 10.8. The molecule has 0 aliphatic rings. The average Bonchev–Trinajstić information content (AvgIpc) is 2.55. The Hall–Kier alpha value is -0.783. The Morgan fingerprint density at radius 3 is 1.43 bits per heavy atom. The lowest BCUT2D eigenvalue weighted by molar-refractivity contribution is 0.119. The highest BCUT2D eigenvalue weighted by Crippen LogP contribution is 2.25. The van der Waals surface area contributed by atoms with E-state index in [2.05, 4.69) is 13.8 Å². The predicted octanol–water partition coefficient (Wildman–Crippen LogP) is 5.16. The second kappa shape index (κ2) is 11.7. The van der Waals surface area contributed by atoms with E-state index in [0.29, 0.717) is 0 Å². The van der Waals surface area contributed by atoms with Crippen LogP contribution in [0.15, 0.2) is 23.7 Å². The number of rotatable bonds is 12. The molecule has 0 aliphatic carbocycles. The molecule has 2 atom stereocenters. The maximum absolute atomic E-state index is 5.83. The van der Waals surface area contributed by atoms with Gasteiger partial charge in [-0.3, -0.25) is 0 Å². The molecule has 0 rings (SSSR count). The molecule has 0 fully saturated rings. The molecule has 0 saturated heterocycles. The maximum atomic E-state index is 5.83. The maximum Gasteiger partial charge on any atom is 0.337 e. The summed E-state index contributed by atoms with van der Waals surface area (Å²) in [6, 6.07) is 1.85. The Balaban J connectivity index is 4.50. The molecule has 0 radical (unpaired) electrons. The molecule has 2 unspecified atom stereocenters. The molecule has 5 heteroatoms. The van der Waals surface area contributed by atoms with Crippen LogP contribution >= 0.6 is 0 Å². The van der Waals surface area contributed by atoms with E-state index < -0.39 is 8.56 Å². The molecule has 0 N–H and O–H groups in total. The molecule has 136 valence electrons. The van der Waals surface area contributed by atoms with E-state index in [4.69, 9.17) is 18.3 Å². The summed E-state index contributed by atoms with van der Waals surface area (Å²) in [7, 11) is 1.34. The fourth-order valence-electron chi connectivity index (χ4n) is 2.35. The number of allylic oxidation sites excluding steroid dienone is 4. The normalized spacial score (nSPS) is 16.2. The highest BCUT2D eigenvalue weighted by Gasteiger charge is 2.36. The van der Waals surface area contributed by atoms with Gasteiger partial charge in [0.2, 0.25) is 0 Å². The number of hydrogen-bond donors (Lipinski definition) is 0. The van der Waals surface area contributed by atoms with Crippen LogP contribution in [0.4, 0.5) is 0 Å². The summed E-state index contributed by atoms with van der Waals surface area (Å²) >= 11 is 0. The molecule has 0 aromatic heterocycles. The quantitative estimate of drug-likeness (QED) is 0.362. The van der Waals surface area contributed by atoms with Crippen LogP contribution in [0, 0.1) is 0 Å². The summed E-state index contributed by atoms with van der Waals surface area (Å²) in [5, 5.41) is 0. The van der Waals surface area contributed by atoms with Crippen LogP contribution in [-0.2, 0) is 18.3 Å². The molecule has 0 aromatic rings. The van der Waals surface area contributed by atoms with E-state index in [9.17, 15) is 0 Å². The third-order valence-electron chi connectivity index (χ3n) is 4.19. The van der Waals surface area contributed by atoms with E-state index in [1.165, 1.54) is 0 Å². The molecule has 23 heavy (non-hydrogen) atoms. The van der Waals surface area contributed by atoms with Gasteiger partial charge >= 0.3 is 8.56 Å². The van der Waals surface area contributed by atoms with Crippen LogP contribution in [0.25, 0.3) is 0 Å². The van der Waals surface area contributed by atoms with Crippen molar-refractivity contribution in [2.45, 2.75) is 78.7 Å². The minimum atomic E-state index is -2.19. The first-order valence-corrected chi connectivity index (χ1v) is 10.7. The third-order valence-corrected chi connectivity index (χ3v) is 7.78. The van der Waals surface area contributed by atoms with Crippen LogP contribution < -0.4 is 0 Å². The minimum Gasteiger partial charge on any atom is -0.496 e. The molecule has 0 amide bonds. The van der Waals surface area contributed by atoms with Gasteiger partial charge in [0, 0.05) is 14.2 Å². The molecule has 4 nitrogen and oxygen atoms in total. The van der Waals surface area contributed by atoms with Gasteiger partial charge in [0.1, 0.15) is 0 Å². The van der Waals surface area contributed by atoms with Crippen LogP contribution in [0.5, 0.6) is 0 Å². The first kappa shape index (κ1) is 22.2. The molecule has 0 aromatic carbocycles. The SMILES string of the molecule is C/C=C(/C)OC(C)CC[Si](CCC(C)O/C(C)=C\C)(OC)OC. The van der Waals surface area contributed by atoms with Crippen molar-refractivity contribution in [1.29, 1.82) is 0 Å². The predicted molar refractivity (Wildman–Crippen MR) is 98.6 cm³/mol. The topological polar surface area (TPSA) is 36.9 Å². The highest BCUT2D eigenvalue weighted by atomic mass is 28.4. The summed E-state index contributed by atoms with van der Waals surface area (Å²) in [6.07, 6.45) is 6.17. The van der Waals surface area contributed by atoms with Crippen molar-refractivity contribution >= 4 is 8.56 Å². The lowest BCUT2D eigenvalue weighted by atomic mass is 10.3. The van der Waals surface area contributed by atoms with E-state index in [0.717, 1.165) is 36.4 Å². The summed E-state index contributed by atoms with van der Waals surface area (Å²) in [4.78, 5) is 0. The lowest BCUT2D eigenvalue weighted by Crippen LogP contribution is -2.41. The molecule has 0 saturated carbocycles. The Bertz CT molecular complexity index is 343. The van der Waals surface area contributed by atoms with Gasteiger partial charge in [-0.2, -0.15) is 0 Å². The van der Waals surface area contributed by atoms with Crippen LogP contribution in [0.3, 0.4) is 0 Å². The van der Waals surface area contributed by atoms with Crippen molar-refractivity contribution in [3.63, 3.8) is 0 Å². The zero-order valence-corrected chi connectivity index (χ0v) is 17.3. The lowest BCUT2D eigenvalue weighted by Gasteiger charge is -2.30. The molecular formula is C18H36O4Si. The summed E-state index contributed by atoms with van der Waals surface area (Å²) in [6.45, 7) is 12.1. The van der Waals surface area contributed by atoms with E-state index >= 15 is 0 Å². The van der Waals surface area contributed by atoms with Crippen molar-refractivity contribution in [3.05, 3.63) is 23.7 Å². The van der Waals surface area contributed by atoms with E-state index in [1.807, 2.05) is 39.8 Å². The number of hydrogen-bond acceptors (Lipinski definition) is 4. The summed E-state index contributed by atoms with van der Waals surface area (Å²) in [5.41, 5.74) is 0. The fourth-order valence-corrected chi connectivity index (χ4v) is 5.28. The third kappa shape index (κ3) is 9.18. The molecule has 0 heterocycles. The van der Waals surface area contributed by atoms with E-state index in [-0.39, 0.29) is 12.2 Å². The van der Waals surface area contributed by atoms with Crippen LogP contribution in [-0.4, -0.2) is 35.0 Å². The van der Waals surface area contributed by atoms with Gasteiger partial charge in [-0.25, -0.2) is 0 Å². The summed E-state index contributed by atoms with van der Waals surface area (Å²) in [5.74, 6) is 1.92. The van der Waals surface area contributed by atoms with Crippen molar-refractivity contribution in [2.75, 3.05) is 14.2 Å². The van der Waals surface area contributed by atoms with Crippen LogP contribution in [0.1, 0.15) is 54.4 Å². The second-order valence-corrected chi connectivity index (χ2v) is 9.69. The van der Waals surface area contributed by atoms with Crippen molar-refractivity contribution in [1.82, 2.24) is 0 Å². The molecule has 0 aliphatic heterocycles. The second-order valence-electron chi connectivity index (χ2n) is 6.05. The zero-order chi connectivity index (χ0) is 17.9. The van der Waals surface area contributed by atoms with Gasteiger partial charge in [0.15, 0.2) is 0 Å². The Kier molecular flexibility index (Phi) is 11.3. The Morgan fingerprint density at radius 1 is 0.826 bits per heavy atom. The van der Waals surface area contributed by atoms with Gasteiger partial charge in [-0.1, -0.05) is 0 Å². The standard InChI is InChI=1S/C18H36O4Si/c1-9-15(3)21-17(5)11-13-23(19-7,20-8)14-12-18(6)22-16(4)10-2/h9-10,17-18H,11-14H2,1-8H3/b15-9-,16-10-. The molecule has 0 spiro atoms. The summed E-state index contributed by atoms with van der Waals surface area (Å²) < 4.78 is 23.3. The molecule has 0 bridgehead atoms. The number of ether oxygens (including phenoxy) is 2. The fraction of sp³-hybridized carbons (Fsp3) is 0.778. The van der Waals surface area contributed by atoms with Crippen molar-refractivity contribution in [3.8, 4) is 0 Å². The Labute approximate surface area is 144 Å². The minimum absolute atomic E-state index is 0.169. The Morgan fingerprint density at radius 2 is 1.17 bits per heavy atom. The van der Waals surface area contributed by atoms with Crippen molar-refractivity contribution in [2.24, 2.45) is 0 Å². The zero-order valence-electron chi connectivity index (χ0n) is 16.3. The monoisotopic (exact) mass is 344 g/mol. The van der Waals surface area contributed by atoms with Gasteiger partial charge in [-0.05, 0) is 78.6 Å². The van der Waals surface area contributed by atoms with E-state index in [1.54, 1.807) is 14.2 Å². The van der Waals surface area contributed by atoms with Gasteiger partial charge in [-0.15, -0.1) is 0 Å². The van der Waals surface area contributed by atoms with Crippen molar-refractivity contribution < 1.29 is 18.3 Å².